The van der Waals surface area contributed by atoms with Gasteiger partial charge in [0.1, 0.15) is 5.60 Å². The highest BCUT2D eigenvalue weighted by molar-refractivity contribution is 6.77. The van der Waals surface area contributed by atoms with Gasteiger partial charge in [-0.1, -0.05) is 53.4 Å². The predicted molar refractivity (Wildman–Crippen MR) is 96.3 cm³/mol. The molecule has 0 aliphatic rings. The fourth-order valence-electron chi connectivity index (χ4n) is 3.36. The molecule has 2 N–H and O–H groups in total. The Morgan fingerprint density at radius 3 is 1.82 bits per heavy atom. The molecule has 0 saturated heterocycles. The Balaban J connectivity index is 4.54. The third-order valence-corrected chi connectivity index (χ3v) is 10.4. The second kappa shape index (κ2) is 9.07. The molecule has 130 valence electrons. The molecule has 0 aliphatic heterocycles. The van der Waals surface area contributed by atoms with Gasteiger partial charge >= 0.3 is 0 Å². The van der Waals surface area contributed by atoms with E-state index in [1.807, 2.05) is 0 Å². The Hall–Kier alpha value is -0.343. The lowest BCUT2D eigenvalue weighted by Gasteiger charge is -2.42. The minimum absolute atomic E-state index is 0.382. The molecule has 22 heavy (non-hydrogen) atoms. The van der Waals surface area contributed by atoms with E-state index in [2.05, 4.69) is 53.4 Å². The summed E-state index contributed by atoms with van der Waals surface area (Å²) in [5.74, 6) is 5.57. The van der Waals surface area contributed by atoms with Gasteiger partial charge in [-0.2, -0.15) is 0 Å². The molecule has 1 atom stereocenters. The van der Waals surface area contributed by atoms with E-state index in [0.29, 0.717) is 36.1 Å². The average Bonchev–Trinajstić information content (AvgIpc) is 2.31. The number of rotatable bonds is 8. The summed E-state index contributed by atoms with van der Waals surface area (Å²) in [7, 11) is -1.84. The third kappa shape index (κ3) is 6.83. The Labute approximate surface area is 138 Å². The molecule has 3 nitrogen and oxygen atoms in total. The predicted octanol–water partition coefficient (Wildman–Crippen LogP) is 4.09. The molecule has 0 radical (unpaired) electrons. The SMILES string of the molecule is CC(C)[Si](OCCC(O)CC#CC(C)(C)O)(C(C)C)C(C)C. The van der Waals surface area contributed by atoms with Gasteiger partial charge in [0.25, 0.3) is 0 Å². The van der Waals surface area contributed by atoms with Crippen LogP contribution in [0.5, 0.6) is 0 Å². The summed E-state index contributed by atoms with van der Waals surface area (Å²) in [6.45, 7) is 17.4. The highest BCUT2D eigenvalue weighted by atomic mass is 28.4. The van der Waals surface area contributed by atoms with Crippen LogP contribution in [0, 0.1) is 11.8 Å². The zero-order chi connectivity index (χ0) is 17.6. The molecule has 0 aromatic carbocycles. The fraction of sp³-hybridized carbons (Fsp3) is 0.889. The van der Waals surface area contributed by atoms with Crippen LogP contribution in [0.25, 0.3) is 0 Å². The maximum absolute atomic E-state index is 10.0. The lowest BCUT2D eigenvalue weighted by Crippen LogP contribution is -2.48. The average molecular weight is 329 g/mol. The molecule has 0 aromatic heterocycles. The van der Waals surface area contributed by atoms with Crippen LogP contribution in [0.1, 0.15) is 68.2 Å². The first-order chi connectivity index (χ1) is 9.93. The van der Waals surface area contributed by atoms with Crippen molar-refractivity contribution >= 4 is 8.32 Å². The molecule has 0 aliphatic carbocycles. The smallest absolute Gasteiger partial charge is 0.200 e. The van der Waals surface area contributed by atoms with E-state index in [1.54, 1.807) is 13.8 Å². The van der Waals surface area contributed by atoms with Crippen molar-refractivity contribution in [3.05, 3.63) is 0 Å². The first-order valence-corrected chi connectivity index (χ1v) is 10.6. The third-order valence-electron chi connectivity index (χ3n) is 4.24. The molecule has 0 bridgehead atoms. The van der Waals surface area contributed by atoms with Gasteiger partial charge in [-0.15, -0.1) is 0 Å². The van der Waals surface area contributed by atoms with Crippen molar-refractivity contribution in [1.29, 1.82) is 0 Å². The van der Waals surface area contributed by atoms with Crippen LogP contribution in [0.2, 0.25) is 16.6 Å². The van der Waals surface area contributed by atoms with E-state index in [4.69, 9.17) is 4.43 Å². The van der Waals surface area contributed by atoms with Gasteiger partial charge in [0.05, 0.1) is 6.10 Å². The van der Waals surface area contributed by atoms with Crippen LogP contribution in [0.15, 0.2) is 0 Å². The van der Waals surface area contributed by atoms with E-state index in [-0.39, 0.29) is 0 Å². The molecule has 0 heterocycles. The van der Waals surface area contributed by atoms with Crippen molar-refractivity contribution < 1.29 is 14.6 Å². The molecule has 0 aromatic rings. The van der Waals surface area contributed by atoms with Crippen molar-refractivity contribution in [1.82, 2.24) is 0 Å². The van der Waals surface area contributed by atoms with Crippen LogP contribution >= 0.6 is 0 Å². The molecular formula is C18H36O3Si. The highest BCUT2D eigenvalue weighted by Crippen LogP contribution is 2.42. The molecule has 4 heteroatoms. The Morgan fingerprint density at radius 1 is 1.00 bits per heavy atom. The van der Waals surface area contributed by atoms with Gasteiger partial charge in [0.15, 0.2) is 8.32 Å². The number of aliphatic hydroxyl groups is 2. The summed E-state index contributed by atoms with van der Waals surface area (Å²) in [5, 5.41) is 19.5. The molecule has 0 rings (SSSR count). The maximum atomic E-state index is 10.0. The van der Waals surface area contributed by atoms with Crippen molar-refractivity contribution in [2.45, 2.75) is 96.6 Å². The highest BCUT2D eigenvalue weighted by Gasteiger charge is 2.44. The van der Waals surface area contributed by atoms with Crippen LogP contribution < -0.4 is 0 Å². The van der Waals surface area contributed by atoms with E-state index in [9.17, 15) is 10.2 Å². The van der Waals surface area contributed by atoms with Crippen LogP contribution in [-0.2, 0) is 4.43 Å². The lowest BCUT2D eigenvalue weighted by molar-refractivity contribution is 0.135. The summed E-state index contributed by atoms with van der Waals surface area (Å²) in [6, 6.07) is 0. The zero-order valence-corrected chi connectivity index (χ0v) is 16.7. The van der Waals surface area contributed by atoms with Crippen LogP contribution in [0.4, 0.5) is 0 Å². The molecule has 0 amide bonds. The fourth-order valence-corrected chi connectivity index (χ4v) is 8.83. The van der Waals surface area contributed by atoms with E-state index in [1.165, 1.54) is 0 Å². The van der Waals surface area contributed by atoms with Gasteiger partial charge in [0, 0.05) is 13.0 Å². The quantitative estimate of drug-likeness (QED) is 0.521. The summed E-state index contributed by atoms with van der Waals surface area (Å²) < 4.78 is 6.41. The van der Waals surface area contributed by atoms with Gasteiger partial charge in [-0.05, 0) is 36.9 Å². The number of hydrogen-bond donors (Lipinski definition) is 2. The van der Waals surface area contributed by atoms with Crippen molar-refractivity contribution in [3.8, 4) is 11.8 Å². The normalized spacial score (nSPS) is 14.4. The molecular weight excluding hydrogens is 292 g/mol. The van der Waals surface area contributed by atoms with Crippen molar-refractivity contribution in [2.24, 2.45) is 0 Å². The Kier molecular flexibility index (Phi) is 8.93. The van der Waals surface area contributed by atoms with Gasteiger partial charge < -0.3 is 14.6 Å². The molecule has 0 saturated carbocycles. The first kappa shape index (κ1) is 21.7. The standard InChI is InChI=1S/C18H36O3Si/c1-14(2)22(15(3)4,16(5)6)21-13-11-17(19)10-9-12-18(7,8)20/h14-17,19-20H,10-11,13H2,1-8H3. The molecule has 0 fully saturated rings. The minimum Gasteiger partial charge on any atom is -0.416 e. The molecule has 0 spiro atoms. The topological polar surface area (TPSA) is 49.7 Å². The van der Waals surface area contributed by atoms with Gasteiger partial charge in [-0.25, -0.2) is 0 Å². The van der Waals surface area contributed by atoms with Crippen LogP contribution in [-0.4, -0.2) is 36.8 Å². The first-order valence-electron chi connectivity index (χ1n) is 8.47. The summed E-state index contributed by atoms with van der Waals surface area (Å²) in [5.41, 5.74) is 0.671. The minimum atomic E-state index is -1.84. The lowest BCUT2D eigenvalue weighted by atomic mass is 10.1. The van der Waals surface area contributed by atoms with Gasteiger partial charge in [0.2, 0.25) is 0 Å². The monoisotopic (exact) mass is 328 g/mol. The second-order valence-electron chi connectivity index (χ2n) is 7.67. The van der Waals surface area contributed by atoms with E-state index in [0.717, 1.165) is 0 Å². The Bertz CT molecular complexity index is 350. The Morgan fingerprint density at radius 2 is 1.45 bits per heavy atom. The van der Waals surface area contributed by atoms with Gasteiger partial charge in [-0.3, -0.25) is 0 Å². The van der Waals surface area contributed by atoms with Crippen molar-refractivity contribution in [2.75, 3.05) is 6.61 Å². The maximum Gasteiger partial charge on any atom is 0.200 e. The summed E-state index contributed by atoms with van der Waals surface area (Å²) in [4.78, 5) is 0. The largest absolute Gasteiger partial charge is 0.416 e. The van der Waals surface area contributed by atoms with E-state index >= 15 is 0 Å². The second-order valence-corrected chi connectivity index (χ2v) is 13.1. The van der Waals surface area contributed by atoms with Crippen molar-refractivity contribution in [3.63, 3.8) is 0 Å². The zero-order valence-electron chi connectivity index (χ0n) is 15.7. The number of aliphatic hydroxyl groups excluding tert-OH is 1. The summed E-state index contributed by atoms with van der Waals surface area (Å²) in [6.07, 6.45) is 0.488. The summed E-state index contributed by atoms with van der Waals surface area (Å²) >= 11 is 0. The number of hydrogen-bond acceptors (Lipinski definition) is 3. The van der Waals surface area contributed by atoms with Crippen LogP contribution in [0.3, 0.4) is 0 Å². The molecule has 1 unspecified atom stereocenters. The van der Waals surface area contributed by atoms with E-state index < -0.39 is 20.0 Å².